The second kappa shape index (κ2) is 10.2. The molecule has 0 saturated heterocycles. The standard InChI is InChI=1S/C21H20N2O7S2/c1-28-14-9-10-17(18(12-14)29-2)22-19(24)13-30-21(25)15-6-3-4-7-16(15)23-32(26,27)20-8-5-11-31-20/h3-12,23H,13H2,1-2H3,(H,22,24). The Morgan fingerprint density at radius 1 is 0.969 bits per heavy atom. The van der Waals surface area contributed by atoms with Crippen molar-refractivity contribution in [3.05, 3.63) is 65.5 Å². The normalized spacial score (nSPS) is 10.8. The molecule has 11 heteroatoms. The summed E-state index contributed by atoms with van der Waals surface area (Å²) < 4.78 is 42.8. The van der Waals surface area contributed by atoms with Gasteiger partial charge in [-0.15, -0.1) is 11.3 Å². The average molecular weight is 477 g/mol. The van der Waals surface area contributed by atoms with Crippen LogP contribution in [-0.4, -0.2) is 41.1 Å². The van der Waals surface area contributed by atoms with Crippen molar-refractivity contribution in [1.82, 2.24) is 0 Å². The summed E-state index contributed by atoms with van der Waals surface area (Å²) in [4.78, 5) is 24.8. The highest BCUT2D eigenvalue weighted by Crippen LogP contribution is 2.29. The molecule has 0 radical (unpaired) electrons. The first-order valence-corrected chi connectivity index (χ1v) is 11.5. The first kappa shape index (κ1) is 23.1. The van der Waals surface area contributed by atoms with Crippen molar-refractivity contribution in [2.24, 2.45) is 0 Å². The molecule has 168 valence electrons. The fourth-order valence-electron chi connectivity index (χ4n) is 2.66. The van der Waals surface area contributed by atoms with Gasteiger partial charge >= 0.3 is 5.97 Å². The third kappa shape index (κ3) is 5.56. The van der Waals surface area contributed by atoms with Crippen LogP contribution in [0.1, 0.15) is 10.4 Å². The molecular formula is C21H20N2O7S2. The molecule has 2 aromatic carbocycles. The predicted octanol–water partition coefficient (Wildman–Crippen LogP) is 3.36. The number of carbonyl (C=O) groups is 2. The first-order valence-electron chi connectivity index (χ1n) is 9.18. The molecule has 1 amide bonds. The highest BCUT2D eigenvalue weighted by Gasteiger charge is 2.21. The van der Waals surface area contributed by atoms with Crippen molar-refractivity contribution in [2.45, 2.75) is 4.21 Å². The molecule has 2 N–H and O–H groups in total. The molecule has 32 heavy (non-hydrogen) atoms. The van der Waals surface area contributed by atoms with Crippen molar-refractivity contribution >= 4 is 44.6 Å². The minimum Gasteiger partial charge on any atom is -0.497 e. The van der Waals surface area contributed by atoms with Crippen LogP contribution < -0.4 is 19.5 Å². The van der Waals surface area contributed by atoms with Gasteiger partial charge < -0.3 is 19.5 Å². The summed E-state index contributed by atoms with van der Waals surface area (Å²) in [6, 6.07) is 13.8. The number of ether oxygens (including phenoxy) is 3. The number of para-hydroxylation sites is 1. The van der Waals surface area contributed by atoms with E-state index < -0.39 is 28.5 Å². The van der Waals surface area contributed by atoms with Crippen molar-refractivity contribution in [3.8, 4) is 11.5 Å². The van der Waals surface area contributed by atoms with Crippen LogP contribution in [-0.2, 0) is 19.6 Å². The molecule has 9 nitrogen and oxygen atoms in total. The van der Waals surface area contributed by atoms with Crippen LogP contribution in [0, 0.1) is 0 Å². The Labute approximate surface area is 189 Å². The summed E-state index contributed by atoms with van der Waals surface area (Å²) in [5.74, 6) is -0.532. The number of esters is 1. The summed E-state index contributed by atoms with van der Waals surface area (Å²) in [6.07, 6.45) is 0. The van der Waals surface area contributed by atoms with Gasteiger partial charge in [0.25, 0.3) is 15.9 Å². The van der Waals surface area contributed by atoms with Gasteiger partial charge in [-0.05, 0) is 35.7 Å². The number of sulfonamides is 1. The summed E-state index contributed by atoms with van der Waals surface area (Å²) in [7, 11) is -0.906. The molecule has 0 atom stereocenters. The maximum absolute atomic E-state index is 12.5. The molecular weight excluding hydrogens is 456 g/mol. The molecule has 0 aliphatic carbocycles. The molecule has 0 saturated carbocycles. The van der Waals surface area contributed by atoms with E-state index in [1.54, 1.807) is 41.8 Å². The lowest BCUT2D eigenvalue weighted by molar-refractivity contribution is -0.119. The maximum atomic E-state index is 12.5. The summed E-state index contributed by atoms with van der Waals surface area (Å²) in [5, 5.41) is 4.21. The zero-order valence-corrected chi connectivity index (χ0v) is 18.8. The van der Waals surface area contributed by atoms with Crippen LogP contribution in [0.2, 0.25) is 0 Å². The Morgan fingerprint density at radius 3 is 2.44 bits per heavy atom. The van der Waals surface area contributed by atoms with Crippen molar-refractivity contribution < 1.29 is 32.2 Å². The van der Waals surface area contributed by atoms with Gasteiger partial charge in [0, 0.05) is 6.07 Å². The number of methoxy groups -OCH3 is 2. The molecule has 1 heterocycles. The van der Waals surface area contributed by atoms with Gasteiger partial charge in [0.15, 0.2) is 6.61 Å². The highest BCUT2D eigenvalue weighted by molar-refractivity contribution is 7.94. The molecule has 0 bridgehead atoms. The van der Waals surface area contributed by atoms with E-state index in [0.29, 0.717) is 17.2 Å². The fraction of sp³-hybridized carbons (Fsp3) is 0.143. The van der Waals surface area contributed by atoms with Gasteiger partial charge in [-0.25, -0.2) is 13.2 Å². The van der Waals surface area contributed by atoms with Crippen LogP contribution in [0.15, 0.2) is 64.2 Å². The third-order valence-electron chi connectivity index (χ3n) is 4.17. The highest BCUT2D eigenvalue weighted by atomic mass is 32.2. The second-order valence-corrected chi connectivity index (χ2v) is 9.13. The van der Waals surface area contributed by atoms with Gasteiger partial charge in [-0.3, -0.25) is 9.52 Å². The molecule has 0 aliphatic rings. The smallest absolute Gasteiger partial charge is 0.340 e. The predicted molar refractivity (Wildman–Crippen MR) is 120 cm³/mol. The van der Waals surface area contributed by atoms with Crippen LogP contribution in [0.5, 0.6) is 11.5 Å². The van der Waals surface area contributed by atoms with Crippen LogP contribution in [0.3, 0.4) is 0 Å². The fourth-order valence-corrected chi connectivity index (χ4v) is 4.73. The van der Waals surface area contributed by atoms with E-state index in [1.807, 2.05) is 0 Å². The van der Waals surface area contributed by atoms with Crippen LogP contribution >= 0.6 is 11.3 Å². The van der Waals surface area contributed by atoms with Gasteiger partial charge in [0.05, 0.1) is 31.2 Å². The SMILES string of the molecule is COc1ccc(NC(=O)COC(=O)c2ccccc2NS(=O)(=O)c2cccs2)c(OC)c1. The van der Waals surface area contributed by atoms with E-state index in [1.165, 1.54) is 32.4 Å². The van der Waals surface area contributed by atoms with Gasteiger partial charge in [-0.2, -0.15) is 0 Å². The monoisotopic (exact) mass is 476 g/mol. The van der Waals surface area contributed by atoms with Gasteiger partial charge in [-0.1, -0.05) is 18.2 Å². The Bertz CT molecular complexity index is 1210. The number of carbonyl (C=O) groups excluding carboxylic acids is 2. The minimum atomic E-state index is -3.85. The lowest BCUT2D eigenvalue weighted by Crippen LogP contribution is -2.22. The van der Waals surface area contributed by atoms with E-state index in [2.05, 4.69) is 10.0 Å². The molecule has 3 rings (SSSR count). The summed E-state index contributed by atoms with van der Waals surface area (Å²) >= 11 is 1.05. The quantitative estimate of drug-likeness (QED) is 0.454. The minimum absolute atomic E-state index is 0.0255. The second-order valence-electron chi connectivity index (χ2n) is 6.27. The van der Waals surface area contributed by atoms with E-state index in [4.69, 9.17) is 14.2 Å². The maximum Gasteiger partial charge on any atom is 0.340 e. The number of benzene rings is 2. The number of rotatable bonds is 9. The molecule has 0 fully saturated rings. The topological polar surface area (TPSA) is 120 Å². The van der Waals surface area contributed by atoms with Crippen molar-refractivity contribution in [1.29, 1.82) is 0 Å². The zero-order chi connectivity index (χ0) is 23.1. The number of thiophene rings is 1. The summed E-state index contributed by atoms with van der Waals surface area (Å²) in [5.41, 5.74) is 0.393. The Kier molecular flexibility index (Phi) is 7.33. The first-order chi connectivity index (χ1) is 15.3. The Morgan fingerprint density at radius 2 is 1.75 bits per heavy atom. The molecule has 0 spiro atoms. The van der Waals surface area contributed by atoms with E-state index >= 15 is 0 Å². The molecule has 0 aliphatic heterocycles. The molecule has 0 unspecified atom stereocenters. The van der Waals surface area contributed by atoms with Crippen molar-refractivity contribution in [2.75, 3.05) is 30.9 Å². The number of hydrogen-bond acceptors (Lipinski definition) is 8. The van der Waals surface area contributed by atoms with Crippen LogP contribution in [0.25, 0.3) is 0 Å². The number of anilines is 2. The summed E-state index contributed by atoms with van der Waals surface area (Å²) in [6.45, 7) is -0.583. The molecule has 1 aromatic heterocycles. The molecule has 3 aromatic rings. The van der Waals surface area contributed by atoms with Gasteiger partial charge in [0.2, 0.25) is 0 Å². The van der Waals surface area contributed by atoms with Crippen molar-refractivity contribution in [3.63, 3.8) is 0 Å². The van der Waals surface area contributed by atoms with E-state index in [9.17, 15) is 18.0 Å². The third-order valence-corrected chi connectivity index (χ3v) is 6.93. The van der Waals surface area contributed by atoms with E-state index in [0.717, 1.165) is 11.3 Å². The largest absolute Gasteiger partial charge is 0.497 e. The van der Waals surface area contributed by atoms with Crippen LogP contribution in [0.4, 0.5) is 11.4 Å². The van der Waals surface area contributed by atoms with E-state index in [-0.39, 0.29) is 15.5 Å². The number of hydrogen-bond donors (Lipinski definition) is 2. The lowest BCUT2D eigenvalue weighted by Gasteiger charge is -2.13. The Hall–Kier alpha value is -3.57. The number of amides is 1. The zero-order valence-electron chi connectivity index (χ0n) is 17.2. The number of nitrogens with one attached hydrogen (secondary N) is 2. The lowest BCUT2D eigenvalue weighted by atomic mass is 10.2. The Balaban J connectivity index is 1.66. The van der Waals surface area contributed by atoms with Gasteiger partial charge in [0.1, 0.15) is 15.7 Å². The average Bonchev–Trinajstić information content (AvgIpc) is 3.34.